The third kappa shape index (κ3) is 2.64. The van der Waals surface area contributed by atoms with Crippen LogP contribution in [0.5, 0.6) is 0 Å². The molecule has 3 rings (SSSR count). The minimum absolute atomic E-state index is 0.0351. The number of oxime groups is 1. The van der Waals surface area contributed by atoms with Crippen molar-refractivity contribution in [2.75, 3.05) is 13.1 Å². The number of likely N-dealkylation sites (tertiary alicyclic amines) is 1. The summed E-state index contributed by atoms with van der Waals surface area (Å²) in [6, 6.07) is 0. The number of piperidine rings is 1. The number of ether oxygens (including phenoxy) is 1. The van der Waals surface area contributed by atoms with E-state index in [2.05, 4.69) is 9.99 Å². The molecule has 0 radical (unpaired) electrons. The fraction of sp³-hybridized carbons (Fsp3) is 0.857. The first-order chi connectivity index (χ1) is 10.4. The second-order valence-electron chi connectivity index (χ2n) is 7.51. The quantitative estimate of drug-likeness (QED) is 0.797. The van der Waals surface area contributed by atoms with Gasteiger partial charge in [-0.3, -0.25) is 0 Å². The van der Waals surface area contributed by atoms with Gasteiger partial charge in [-0.2, -0.15) is 13.2 Å². The van der Waals surface area contributed by atoms with Gasteiger partial charge in [-0.1, -0.05) is 5.16 Å². The molecule has 0 aromatic heterocycles. The molecule has 6 nitrogen and oxygen atoms in total. The van der Waals surface area contributed by atoms with Gasteiger partial charge in [-0.05, 0) is 33.1 Å². The minimum atomic E-state index is -4.91. The van der Waals surface area contributed by atoms with E-state index in [0.29, 0.717) is 13.0 Å². The second-order valence-corrected chi connectivity index (χ2v) is 7.51. The Morgan fingerprint density at radius 3 is 2.61 bits per heavy atom. The fourth-order valence-corrected chi connectivity index (χ4v) is 3.24. The summed E-state index contributed by atoms with van der Waals surface area (Å²) in [5.74, 6) is -3.23. The van der Waals surface area contributed by atoms with E-state index in [1.807, 2.05) is 0 Å². The standard InChI is InChI=1S/C14H19F3N2O4/c1-11(2,3)22-10(20)19-6-8-4-12(8,7-19)9-5-13(21,23-18-9)14(15,16)17/h8,21H,4-7H2,1-3H3/t8-,12-,13?/m0/s1. The van der Waals surface area contributed by atoms with Gasteiger partial charge in [0.1, 0.15) is 5.60 Å². The molecular weight excluding hydrogens is 317 g/mol. The molecule has 1 unspecified atom stereocenters. The number of carbonyl (C=O) groups is 1. The largest absolute Gasteiger partial charge is 0.458 e. The van der Waals surface area contributed by atoms with Gasteiger partial charge in [0.05, 0.1) is 12.1 Å². The third-order valence-electron chi connectivity index (χ3n) is 4.53. The first kappa shape index (κ1) is 16.4. The molecule has 1 aliphatic carbocycles. The van der Waals surface area contributed by atoms with Gasteiger partial charge in [0, 0.05) is 18.5 Å². The van der Waals surface area contributed by atoms with Crippen molar-refractivity contribution in [3.05, 3.63) is 0 Å². The monoisotopic (exact) mass is 336 g/mol. The molecule has 9 heteroatoms. The number of hydrogen-bond donors (Lipinski definition) is 1. The van der Waals surface area contributed by atoms with E-state index in [-0.39, 0.29) is 18.2 Å². The second kappa shape index (κ2) is 4.52. The molecule has 23 heavy (non-hydrogen) atoms. The summed E-state index contributed by atoms with van der Waals surface area (Å²) in [6.07, 6.45) is -5.48. The van der Waals surface area contributed by atoms with Gasteiger partial charge >= 0.3 is 18.1 Å². The maximum Gasteiger partial charge on any atom is 0.458 e. The average Bonchev–Trinajstić information content (AvgIpc) is 2.76. The van der Waals surface area contributed by atoms with Crippen molar-refractivity contribution in [2.24, 2.45) is 16.5 Å². The predicted octanol–water partition coefficient (Wildman–Crippen LogP) is 2.27. The Hall–Kier alpha value is -1.51. The molecule has 0 aromatic carbocycles. The molecule has 1 amide bonds. The first-order valence-corrected chi connectivity index (χ1v) is 7.39. The number of aliphatic hydroxyl groups is 1. The van der Waals surface area contributed by atoms with Crippen LogP contribution in [-0.4, -0.2) is 52.5 Å². The van der Waals surface area contributed by atoms with Gasteiger partial charge in [-0.15, -0.1) is 0 Å². The molecule has 2 fully saturated rings. The molecule has 1 N–H and O–H groups in total. The third-order valence-corrected chi connectivity index (χ3v) is 4.53. The van der Waals surface area contributed by atoms with Crippen LogP contribution in [0.2, 0.25) is 0 Å². The molecule has 2 heterocycles. The molecule has 1 saturated heterocycles. The Morgan fingerprint density at radius 2 is 2.09 bits per heavy atom. The van der Waals surface area contributed by atoms with Gasteiger partial charge in [0.2, 0.25) is 0 Å². The van der Waals surface area contributed by atoms with Crippen molar-refractivity contribution >= 4 is 11.8 Å². The van der Waals surface area contributed by atoms with Gasteiger partial charge < -0.3 is 19.6 Å². The van der Waals surface area contributed by atoms with Gasteiger partial charge in [0.25, 0.3) is 0 Å². The Balaban J connectivity index is 1.67. The number of alkyl halides is 3. The zero-order chi connectivity index (χ0) is 17.3. The van der Waals surface area contributed by atoms with Crippen molar-refractivity contribution in [1.29, 1.82) is 0 Å². The van der Waals surface area contributed by atoms with Crippen LogP contribution in [0, 0.1) is 11.3 Å². The SMILES string of the molecule is CC(C)(C)OC(=O)N1C[C@@H]2C[C@]2(C2=NOC(O)(C(F)(F)F)C2)C1. The Labute approximate surface area is 131 Å². The lowest BCUT2D eigenvalue weighted by atomic mass is 9.93. The first-order valence-electron chi connectivity index (χ1n) is 7.39. The average molecular weight is 336 g/mol. The predicted molar refractivity (Wildman–Crippen MR) is 72.5 cm³/mol. The summed E-state index contributed by atoms with van der Waals surface area (Å²) in [7, 11) is 0. The summed E-state index contributed by atoms with van der Waals surface area (Å²) >= 11 is 0. The van der Waals surface area contributed by atoms with Crippen LogP contribution in [0.15, 0.2) is 5.16 Å². The van der Waals surface area contributed by atoms with Crippen LogP contribution in [0.1, 0.15) is 33.6 Å². The van der Waals surface area contributed by atoms with E-state index in [0.717, 1.165) is 0 Å². The van der Waals surface area contributed by atoms with E-state index >= 15 is 0 Å². The molecule has 3 atom stereocenters. The van der Waals surface area contributed by atoms with Crippen LogP contribution in [0.3, 0.4) is 0 Å². The molecule has 0 bridgehead atoms. The zero-order valence-corrected chi connectivity index (χ0v) is 13.1. The summed E-state index contributed by atoms with van der Waals surface area (Å²) in [4.78, 5) is 17.8. The maximum atomic E-state index is 12.8. The fourth-order valence-electron chi connectivity index (χ4n) is 3.24. The van der Waals surface area contributed by atoms with E-state index in [9.17, 15) is 23.1 Å². The van der Waals surface area contributed by atoms with Crippen LogP contribution >= 0.6 is 0 Å². The number of rotatable bonds is 1. The van der Waals surface area contributed by atoms with Crippen LogP contribution in [-0.2, 0) is 9.57 Å². The zero-order valence-electron chi connectivity index (χ0n) is 13.1. The summed E-state index contributed by atoms with van der Waals surface area (Å²) in [5.41, 5.74) is -1.08. The number of halogens is 3. The van der Waals surface area contributed by atoms with Crippen molar-refractivity contribution in [1.82, 2.24) is 4.90 Å². The molecule has 2 aliphatic heterocycles. The number of hydrogen-bond acceptors (Lipinski definition) is 5. The highest BCUT2D eigenvalue weighted by Gasteiger charge is 2.70. The van der Waals surface area contributed by atoms with Crippen LogP contribution in [0.25, 0.3) is 0 Å². The van der Waals surface area contributed by atoms with Crippen molar-refractivity contribution in [3.8, 4) is 0 Å². The highest BCUT2D eigenvalue weighted by atomic mass is 19.4. The minimum Gasteiger partial charge on any atom is -0.444 e. The molecule has 1 saturated carbocycles. The number of carbonyl (C=O) groups excluding carboxylic acids is 1. The highest BCUT2D eigenvalue weighted by molar-refractivity contribution is 5.95. The Kier molecular flexibility index (Phi) is 3.21. The molecule has 3 aliphatic rings. The van der Waals surface area contributed by atoms with E-state index in [1.54, 1.807) is 20.8 Å². The molecule has 130 valence electrons. The lowest BCUT2D eigenvalue weighted by molar-refractivity contribution is -0.355. The van der Waals surface area contributed by atoms with Crippen molar-refractivity contribution in [3.63, 3.8) is 0 Å². The number of amides is 1. The number of nitrogens with zero attached hydrogens (tertiary/aromatic N) is 2. The molecule has 0 aromatic rings. The molecule has 0 spiro atoms. The topological polar surface area (TPSA) is 71.4 Å². The normalized spacial score (nSPS) is 36.4. The van der Waals surface area contributed by atoms with E-state index < -0.39 is 35.5 Å². The Bertz CT molecular complexity index is 571. The van der Waals surface area contributed by atoms with E-state index in [1.165, 1.54) is 4.90 Å². The van der Waals surface area contributed by atoms with Crippen molar-refractivity contribution in [2.45, 2.75) is 51.2 Å². The summed E-state index contributed by atoms with van der Waals surface area (Å²) < 4.78 is 43.7. The van der Waals surface area contributed by atoms with Gasteiger partial charge in [-0.25, -0.2) is 4.79 Å². The van der Waals surface area contributed by atoms with Crippen LogP contribution in [0.4, 0.5) is 18.0 Å². The number of fused-ring (bicyclic) bond motifs is 1. The summed E-state index contributed by atoms with van der Waals surface area (Å²) in [6.45, 7) is 5.89. The maximum absolute atomic E-state index is 12.8. The lowest BCUT2D eigenvalue weighted by Gasteiger charge is -2.26. The lowest BCUT2D eigenvalue weighted by Crippen LogP contribution is -2.46. The van der Waals surface area contributed by atoms with Gasteiger partial charge in [0.15, 0.2) is 0 Å². The smallest absolute Gasteiger partial charge is 0.444 e. The highest BCUT2D eigenvalue weighted by Crippen LogP contribution is 2.61. The van der Waals surface area contributed by atoms with Crippen molar-refractivity contribution < 1.29 is 32.6 Å². The Morgan fingerprint density at radius 1 is 1.43 bits per heavy atom. The summed E-state index contributed by atoms with van der Waals surface area (Å²) in [5, 5.41) is 13.0. The van der Waals surface area contributed by atoms with E-state index in [4.69, 9.17) is 4.74 Å². The van der Waals surface area contributed by atoms with Crippen LogP contribution < -0.4 is 0 Å². The molecular formula is C14H19F3N2O4.